The second-order valence-electron chi connectivity index (χ2n) is 5.99. The molecule has 6 heteroatoms. The first-order valence-corrected chi connectivity index (χ1v) is 9.72. The first kappa shape index (κ1) is 16.9. The van der Waals surface area contributed by atoms with E-state index in [1.807, 2.05) is 41.3 Å². The summed E-state index contributed by atoms with van der Waals surface area (Å²) in [5.74, 6) is -0.299. The molecular weight excluding hydrogens is 362 g/mol. The van der Waals surface area contributed by atoms with E-state index in [1.165, 1.54) is 11.3 Å². The van der Waals surface area contributed by atoms with Gasteiger partial charge < -0.3 is 12.6 Å². The topological polar surface area (TPSA) is 36.6 Å². The normalized spacial score (nSPS) is 14.2. The molecular formula is C20H17N3OS2. The molecule has 1 amide bonds. The van der Waals surface area contributed by atoms with Gasteiger partial charge in [-0.2, -0.15) is 4.99 Å². The van der Waals surface area contributed by atoms with Gasteiger partial charge in [0.1, 0.15) is 5.69 Å². The van der Waals surface area contributed by atoms with Crippen LogP contribution in [0.5, 0.6) is 0 Å². The molecule has 0 saturated heterocycles. The Balaban J connectivity index is 1.65. The van der Waals surface area contributed by atoms with Crippen molar-refractivity contribution in [3.05, 3.63) is 71.6 Å². The van der Waals surface area contributed by atoms with Crippen LogP contribution in [0.3, 0.4) is 0 Å². The largest absolute Gasteiger partial charge is 0.716 e. The van der Waals surface area contributed by atoms with Gasteiger partial charge in [-0.1, -0.05) is 59.9 Å². The zero-order valence-electron chi connectivity index (χ0n) is 14.0. The minimum absolute atomic E-state index is 0.299. The summed E-state index contributed by atoms with van der Waals surface area (Å²) < 4.78 is 2.26. The van der Waals surface area contributed by atoms with Crippen LogP contribution in [0.2, 0.25) is 0 Å². The lowest BCUT2D eigenvalue weighted by Gasteiger charge is -2.25. The first-order valence-electron chi connectivity index (χ1n) is 8.43. The Bertz CT molecular complexity index is 952. The Hall–Kier alpha value is -2.57. The highest BCUT2D eigenvalue weighted by Crippen LogP contribution is 2.28. The van der Waals surface area contributed by atoms with Gasteiger partial charge in [-0.25, -0.2) is 9.47 Å². The maximum atomic E-state index is 12.4. The van der Waals surface area contributed by atoms with Gasteiger partial charge >= 0.3 is 5.13 Å². The average Bonchev–Trinajstić information content (AvgIpc) is 3.13. The molecule has 4 rings (SSSR count). The molecule has 0 unspecified atom stereocenters. The number of rotatable bonds is 2. The third-order valence-electron chi connectivity index (χ3n) is 4.31. The number of hydrogen-bond acceptors (Lipinski definition) is 3. The summed E-state index contributed by atoms with van der Waals surface area (Å²) in [6, 6.07) is 19.3. The van der Waals surface area contributed by atoms with E-state index in [-0.39, 0.29) is 5.91 Å². The quantitative estimate of drug-likeness (QED) is 0.295. The van der Waals surface area contributed by atoms with Crippen LogP contribution in [0.15, 0.2) is 71.0 Å². The van der Waals surface area contributed by atoms with Gasteiger partial charge in [0.2, 0.25) is 0 Å². The molecule has 0 bridgehead atoms. The fourth-order valence-corrected chi connectivity index (χ4v) is 4.47. The van der Waals surface area contributed by atoms with Crippen LogP contribution in [0.25, 0.3) is 11.3 Å². The van der Waals surface area contributed by atoms with Crippen molar-refractivity contribution in [2.45, 2.75) is 13.0 Å². The number of fused-ring (bicyclic) bond motifs is 1. The number of benzene rings is 2. The van der Waals surface area contributed by atoms with Crippen LogP contribution in [-0.2, 0) is 19.2 Å². The third-order valence-corrected chi connectivity index (χ3v) is 5.61. The van der Waals surface area contributed by atoms with E-state index >= 15 is 0 Å². The molecule has 2 aromatic carbocycles. The monoisotopic (exact) mass is 379 g/mol. The Kier molecular flexibility index (Phi) is 4.77. The molecule has 1 aliphatic heterocycles. The van der Waals surface area contributed by atoms with Crippen LogP contribution in [0.1, 0.15) is 16.8 Å². The Morgan fingerprint density at radius 2 is 1.77 bits per heavy atom. The number of carbonyl (C=O) groups is 1. The number of carbonyl (C=O) groups excluding carboxylic acids is 1. The van der Waals surface area contributed by atoms with Gasteiger partial charge in [0.05, 0.1) is 18.3 Å². The SMILES string of the molecule is O=C(N=C([S-])N1CCC[n+]2c(-c3ccccc3)csc21)c1ccccc1. The maximum absolute atomic E-state index is 12.4. The predicted molar refractivity (Wildman–Crippen MR) is 107 cm³/mol. The van der Waals surface area contributed by atoms with Crippen LogP contribution in [0, 0.1) is 0 Å². The number of nitrogens with zero attached hydrogens (tertiary/aromatic N) is 3. The number of amidine groups is 1. The summed E-state index contributed by atoms with van der Waals surface area (Å²) in [7, 11) is 0. The average molecular weight is 380 g/mol. The summed E-state index contributed by atoms with van der Waals surface area (Å²) in [4.78, 5) is 18.5. The van der Waals surface area contributed by atoms with Gasteiger partial charge in [0.25, 0.3) is 5.91 Å². The summed E-state index contributed by atoms with van der Waals surface area (Å²) in [6.07, 6.45) is 0.962. The number of thiazole rings is 1. The number of hydrogen-bond donors (Lipinski definition) is 0. The number of aliphatic imine (C=N–C) groups is 1. The Morgan fingerprint density at radius 1 is 1.08 bits per heavy atom. The zero-order valence-corrected chi connectivity index (χ0v) is 15.7. The molecule has 2 heterocycles. The first-order chi connectivity index (χ1) is 12.7. The molecule has 26 heavy (non-hydrogen) atoms. The van der Waals surface area contributed by atoms with Crippen molar-refractivity contribution in [2.24, 2.45) is 4.99 Å². The highest BCUT2D eigenvalue weighted by Gasteiger charge is 2.29. The molecule has 0 fully saturated rings. The van der Waals surface area contributed by atoms with Gasteiger partial charge in [0, 0.05) is 22.9 Å². The van der Waals surface area contributed by atoms with Gasteiger partial charge in [-0.3, -0.25) is 4.79 Å². The van der Waals surface area contributed by atoms with E-state index < -0.39 is 0 Å². The number of aromatic nitrogens is 1. The lowest BCUT2D eigenvalue weighted by molar-refractivity contribution is -0.673. The summed E-state index contributed by atoms with van der Waals surface area (Å²) in [5.41, 5.74) is 2.91. The van der Waals surface area contributed by atoms with Gasteiger partial charge in [-0.05, 0) is 12.1 Å². The molecule has 130 valence electrons. The van der Waals surface area contributed by atoms with Gasteiger partial charge in [-0.15, -0.1) is 0 Å². The molecule has 1 aliphatic rings. The fourth-order valence-electron chi connectivity index (χ4n) is 3.05. The summed E-state index contributed by atoms with van der Waals surface area (Å²) >= 11 is 7.12. The molecule has 3 aromatic rings. The lowest BCUT2D eigenvalue weighted by atomic mass is 10.1. The molecule has 0 radical (unpaired) electrons. The third kappa shape index (κ3) is 3.25. The Labute approximate surface area is 161 Å². The van der Waals surface area contributed by atoms with E-state index in [0.29, 0.717) is 10.7 Å². The van der Waals surface area contributed by atoms with Crippen molar-refractivity contribution in [1.82, 2.24) is 0 Å². The van der Waals surface area contributed by atoms with Crippen molar-refractivity contribution in [1.29, 1.82) is 0 Å². The van der Waals surface area contributed by atoms with E-state index in [2.05, 4.69) is 27.1 Å². The van der Waals surface area contributed by atoms with Crippen LogP contribution in [0.4, 0.5) is 5.13 Å². The summed E-state index contributed by atoms with van der Waals surface area (Å²) in [5, 5.41) is 3.50. The van der Waals surface area contributed by atoms with Crippen LogP contribution < -0.4 is 9.47 Å². The van der Waals surface area contributed by atoms with E-state index in [9.17, 15) is 4.79 Å². The standard InChI is InChI=1S/C20H17N3OS2/c24-18(16-10-5-2-6-11-16)21-19(25)23-13-7-12-22-17(14-26-20(22)23)15-8-3-1-4-9-15/h1-6,8-11,14H,7,12-13H2. The van der Waals surface area contributed by atoms with Crippen molar-refractivity contribution in [2.75, 3.05) is 11.4 Å². The second-order valence-corrected chi connectivity index (χ2v) is 7.19. The highest BCUT2D eigenvalue weighted by atomic mass is 32.1. The molecule has 4 nitrogen and oxygen atoms in total. The molecule has 1 aromatic heterocycles. The second kappa shape index (κ2) is 7.35. The minimum Gasteiger partial charge on any atom is -0.716 e. The van der Waals surface area contributed by atoms with Crippen molar-refractivity contribution in [3.63, 3.8) is 0 Å². The van der Waals surface area contributed by atoms with E-state index in [4.69, 9.17) is 12.6 Å². The highest BCUT2D eigenvalue weighted by molar-refractivity contribution is 7.78. The van der Waals surface area contributed by atoms with E-state index in [0.717, 1.165) is 24.6 Å². The molecule has 0 saturated carbocycles. The van der Waals surface area contributed by atoms with E-state index in [1.54, 1.807) is 23.5 Å². The maximum Gasteiger partial charge on any atom is 0.341 e. The predicted octanol–water partition coefficient (Wildman–Crippen LogP) is 3.66. The molecule has 0 aliphatic carbocycles. The molecule has 0 spiro atoms. The van der Waals surface area contributed by atoms with Crippen LogP contribution in [-0.4, -0.2) is 17.6 Å². The van der Waals surface area contributed by atoms with Crippen LogP contribution >= 0.6 is 11.3 Å². The minimum atomic E-state index is -0.299. The number of anilines is 1. The molecule has 0 atom stereocenters. The van der Waals surface area contributed by atoms with Crippen molar-refractivity contribution >= 4 is 40.2 Å². The fraction of sp³-hybridized carbons (Fsp3) is 0.150. The smallest absolute Gasteiger partial charge is 0.341 e. The van der Waals surface area contributed by atoms with Crippen molar-refractivity contribution < 1.29 is 9.36 Å². The zero-order chi connectivity index (χ0) is 17.9. The van der Waals surface area contributed by atoms with Gasteiger partial charge in [0.15, 0.2) is 0 Å². The van der Waals surface area contributed by atoms with Crippen molar-refractivity contribution in [3.8, 4) is 11.3 Å². The summed E-state index contributed by atoms with van der Waals surface area (Å²) in [6.45, 7) is 1.72. The number of amides is 1. The molecule has 0 N–H and O–H groups in total. The lowest BCUT2D eigenvalue weighted by Crippen LogP contribution is -2.49. The Morgan fingerprint density at radius 3 is 2.50 bits per heavy atom.